The molecule has 0 bridgehead atoms. The molecule has 2 aromatic heterocycles. The van der Waals surface area contributed by atoms with Crippen molar-refractivity contribution in [3.8, 4) is 10.8 Å². The molecule has 0 saturated carbocycles. The second-order valence-corrected chi connectivity index (χ2v) is 7.52. The molecule has 2 N–H and O–H groups in total. The van der Waals surface area contributed by atoms with Crippen LogP contribution in [0.3, 0.4) is 0 Å². The van der Waals surface area contributed by atoms with Crippen molar-refractivity contribution in [1.82, 2.24) is 24.9 Å². The zero-order valence-corrected chi connectivity index (χ0v) is 14.6. The van der Waals surface area contributed by atoms with Crippen molar-refractivity contribution in [2.75, 3.05) is 0 Å². The molecule has 25 heavy (non-hydrogen) atoms. The lowest BCUT2D eigenvalue weighted by Crippen LogP contribution is -2.28. The number of thiazole rings is 1. The van der Waals surface area contributed by atoms with Gasteiger partial charge >= 0.3 is 0 Å². The first-order valence-corrected chi connectivity index (χ1v) is 9.44. The van der Waals surface area contributed by atoms with E-state index in [4.69, 9.17) is 0 Å². The summed E-state index contributed by atoms with van der Waals surface area (Å²) in [6.45, 7) is 1.62. The number of nitrogens with one attached hydrogen (secondary N) is 2. The Morgan fingerprint density at radius 2 is 2.04 bits per heavy atom. The van der Waals surface area contributed by atoms with Crippen LogP contribution in [-0.2, 0) is 10.0 Å². The van der Waals surface area contributed by atoms with E-state index >= 15 is 0 Å². The average molecular weight is 375 g/mol. The van der Waals surface area contributed by atoms with E-state index in [0.717, 1.165) is 16.7 Å². The van der Waals surface area contributed by atoms with E-state index in [9.17, 15) is 13.2 Å². The molecule has 8 nitrogen and oxygen atoms in total. The smallest absolute Gasteiger partial charge is 0.267 e. The Balaban J connectivity index is 1.76. The molecule has 0 unspecified atom stereocenters. The van der Waals surface area contributed by atoms with Crippen LogP contribution in [0.2, 0.25) is 0 Å². The standard InChI is InChI=1S/C15H13N5O3S2/c1-10-12(24-15(18-10)13-16-9-17-19-13)14(21)20-25(22,23)8-7-11-5-3-2-4-6-11/h2-9H,1H3,(H,20,21)(H,16,17,19)/b8-7+. The van der Waals surface area contributed by atoms with Gasteiger partial charge in [0.05, 0.1) is 11.1 Å². The van der Waals surface area contributed by atoms with Gasteiger partial charge in [-0.15, -0.1) is 11.3 Å². The van der Waals surface area contributed by atoms with Gasteiger partial charge in [0, 0.05) is 0 Å². The van der Waals surface area contributed by atoms with Crippen LogP contribution in [0, 0.1) is 6.92 Å². The molecular formula is C15H13N5O3S2. The molecule has 0 fully saturated rings. The second-order valence-electron chi connectivity index (χ2n) is 4.96. The molecule has 10 heteroatoms. The Morgan fingerprint density at radius 3 is 2.72 bits per heavy atom. The van der Waals surface area contributed by atoms with Gasteiger partial charge in [-0.3, -0.25) is 9.89 Å². The Kier molecular flexibility index (Phi) is 4.72. The van der Waals surface area contributed by atoms with Crippen molar-refractivity contribution in [3.63, 3.8) is 0 Å². The van der Waals surface area contributed by atoms with Gasteiger partial charge in [-0.25, -0.2) is 23.1 Å². The molecule has 0 saturated heterocycles. The number of hydrogen-bond acceptors (Lipinski definition) is 7. The lowest BCUT2D eigenvalue weighted by Gasteiger charge is -2.01. The Morgan fingerprint density at radius 1 is 1.28 bits per heavy atom. The molecule has 3 aromatic rings. The van der Waals surface area contributed by atoms with Gasteiger partial charge in [0.25, 0.3) is 15.9 Å². The number of aryl methyl sites for hydroxylation is 1. The normalized spacial score (nSPS) is 11.7. The summed E-state index contributed by atoms with van der Waals surface area (Å²) in [7, 11) is -3.93. The van der Waals surface area contributed by atoms with Crippen molar-refractivity contribution in [2.45, 2.75) is 6.92 Å². The number of nitrogens with zero attached hydrogens (tertiary/aromatic N) is 3. The molecule has 128 valence electrons. The molecule has 0 spiro atoms. The first-order chi connectivity index (χ1) is 11.9. The molecular weight excluding hydrogens is 362 g/mol. The number of carbonyl (C=O) groups excluding carboxylic acids is 1. The minimum Gasteiger partial charge on any atom is -0.267 e. The number of aromatic nitrogens is 4. The van der Waals surface area contributed by atoms with Crippen LogP contribution in [0.4, 0.5) is 0 Å². The van der Waals surface area contributed by atoms with E-state index in [0.29, 0.717) is 22.1 Å². The topological polar surface area (TPSA) is 118 Å². The predicted octanol–water partition coefficient (Wildman–Crippen LogP) is 1.97. The van der Waals surface area contributed by atoms with Gasteiger partial charge in [-0.1, -0.05) is 30.3 Å². The van der Waals surface area contributed by atoms with Crippen molar-refractivity contribution in [3.05, 3.63) is 58.2 Å². The van der Waals surface area contributed by atoms with Crippen molar-refractivity contribution < 1.29 is 13.2 Å². The third kappa shape index (κ3) is 4.17. The number of benzene rings is 1. The van der Waals surface area contributed by atoms with E-state index in [2.05, 4.69) is 20.2 Å². The molecule has 2 heterocycles. The molecule has 0 atom stereocenters. The second kappa shape index (κ2) is 6.95. The van der Waals surface area contributed by atoms with Crippen LogP contribution in [0.1, 0.15) is 20.9 Å². The Hall–Kier alpha value is -2.85. The summed E-state index contributed by atoms with van der Waals surface area (Å²) in [4.78, 5) is 20.6. The fourth-order valence-electron chi connectivity index (χ4n) is 1.96. The number of sulfonamides is 1. The maximum atomic E-state index is 12.3. The van der Waals surface area contributed by atoms with Crippen LogP contribution < -0.4 is 4.72 Å². The van der Waals surface area contributed by atoms with Crippen molar-refractivity contribution in [1.29, 1.82) is 0 Å². The fourth-order valence-corrected chi connectivity index (χ4v) is 3.70. The molecule has 0 aliphatic carbocycles. The Bertz CT molecular complexity index is 1010. The number of rotatable bonds is 5. The van der Waals surface area contributed by atoms with Crippen LogP contribution in [0.25, 0.3) is 16.9 Å². The number of H-pyrrole nitrogens is 1. The monoisotopic (exact) mass is 375 g/mol. The molecule has 3 rings (SSSR count). The predicted molar refractivity (Wildman–Crippen MR) is 94.1 cm³/mol. The number of aromatic amines is 1. The fraction of sp³-hybridized carbons (Fsp3) is 0.0667. The summed E-state index contributed by atoms with van der Waals surface area (Å²) < 4.78 is 26.2. The summed E-state index contributed by atoms with van der Waals surface area (Å²) in [5.74, 6) is -0.322. The van der Waals surface area contributed by atoms with E-state index in [-0.39, 0.29) is 4.88 Å². The first kappa shape index (κ1) is 17.0. The molecule has 0 aliphatic rings. The number of amides is 1. The van der Waals surface area contributed by atoms with Gasteiger partial charge < -0.3 is 0 Å². The number of hydrogen-bond donors (Lipinski definition) is 2. The summed E-state index contributed by atoms with van der Waals surface area (Å²) in [6, 6.07) is 8.91. The highest BCUT2D eigenvalue weighted by atomic mass is 32.2. The highest BCUT2D eigenvalue weighted by Crippen LogP contribution is 2.25. The van der Waals surface area contributed by atoms with Gasteiger partial charge in [0.15, 0.2) is 10.8 Å². The van der Waals surface area contributed by atoms with E-state index < -0.39 is 15.9 Å². The van der Waals surface area contributed by atoms with Crippen LogP contribution in [0.5, 0.6) is 0 Å². The minimum atomic E-state index is -3.93. The van der Waals surface area contributed by atoms with E-state index in [1.807, 2.05) is 10.8 Å². The Labute approximate surface area is 147 Å². The largest absolute Gasteiger partial charge is 0.276 e. The third-order valence-electron chi connectivity index (χ3n) is 3.09. The zero-order chi connectivity index (χ0) is 17.9. The first-order valence-electron chi connectivity index (χ1n) is 7.08. The lowest BCUT2D eigenvalue weighted by molar-refractivity contribution is 0.0985. The minimum absolute atomic E-state index is 0.197. The maximum Gasteiger partial charge on any atom is 0.276 e. The summed E-state index contributed by atoms with van der Waals surface area (Å²) in [5, 5.41) is 7.77. The highest BCUT2D eigenvalue weighted by Gasteiger charge is 2.20. The van der Waals surface area contributed by atoms with Gasteiger partial charge in [0.1, 0.15) is 11.2 Å². The summed E-state index contributed by atoms with van der Waals surface area (Å²) >= 11 is 1.04. The van der Waals surface area contributed by atoms with Crippen molar-refractivity contribution >= 4 is 33.3 Å². The van der Waals surface area contributed by atoms with E-state index in [1.54, 1.807) is 31.2 Å². The maximum absolute atomic E-state index is 12.3. The molecule has 0 aliphatic heterocycles. The molecule has 1 amide bonds. The van der Waals surface area contributed by atoms with Gasteiger partial charge in [0.2, 0.25) is 0 Å². The quantitative estimate of drug-likeness (QED) is 0.704. The highest BCUT2D eigenvalue weighted by molar-refractivity contribution is 7.93. The zero-order valence-electron chi connectivity index (χ0n) is 13.0. The van der Waals surface area contributed by atoms with Crippen molar-refractivity contribution in [2.24, 2.45) is 0 Å². The van der Waals surface area contributed by atoms with Crippen LogP contribution in [0.15, 0.2) is 42.1 Å². The van der Waals surface area contributed by atoms with E-state index in [1.165, 1.54) is 12.4 Å². The van der Waals surface area contributed by atoms with Gasteiger partial charge in [-0.05, 0) is 18.6 Å². The third-order valence-corrected chi connectivity index (χ3v) is 5.22. The molecule has 1 aromatic carbocycles. The lowest BCUT2D eigenvalue weighted by atomic mass is 10.2. The number of carbonyl (C=O) groups is 1. The van der Waals surface area contributed by atoms with Crippen LogP contribution in [-0.4, -0.2) is 34.5 Å². The van der Waals surface area contributed by atoms with Crippen LogP contribution >= 0.6 is 11.3 Å². The SMILES string of the molecule is Cc1nc(-c2ncn[nH]2)sc1C(=O)NS(=O)(=O)/C=C/c1ccccc1. The van der Waals surface area contributed by atoms with Gasteiger partial charge in [-0.2, -0.15) is 5.10 Å². The average Bonchev–Trinajstić information content (AvgIpc) is 3.23. The summed E-state index contributed by atoms with van der Waals surface area (Å²) in [6.07, 6.45) is 2.74. The molecule has 0 radical (unpaired) electrons. The summed E-state index contributed by atoms with van der Waals surface area (Å²) in [5.41, 5.74) is 1.12.